The molecular weight excluding hydrogens is 322 g/mol. The number of methoxy groups -OCH3 is 3. The molecular formula is C18H19N3O4. The minimum Gasteiger partial charge on any atom is -0.495 e. The van der Waals surface area contributed by atoms with Crippen LogP contribution in [0.4, 0.5) is 11.4 Å². The van der Waals surface area contributed by atoms with Crippen LogP contribution in [0, 0.1) is 0 Å². The number of oxazole rings is 1. The summed E-state index contributed by atoms with van der Waals surface area (Å²) in [6.07, 6.45) is 1.37. The molecule has 0 bridgehead atoms. The van der Waals surface area contributed by atoms with E-state index in [1.165, 1.54) is 13.5 Å². The molecule has 0 atom stereocenters. The smallest absolute Gasteiger partial charge is 0.183 e. The highest BCUT2D eigenvalue weighted by molar-refractivity contribution is 5.82. The first-order valence-electron chi connectivity index (χ1n) is 7.48. The van der Waals surface area contributed by atoms with Gasteiger partial charge in [-0.15, -0.1) is 0 Å². The third-order valence-electron chi connectivity index (χ3n) is 3.84. The van der Waals surface area contributed by atoms with Crippen LogP contribution in [0.5, 0.6) is 17.2 Å². The van der Waals surface area contributed by atoms with Crippen molar-refractivity contribution in [3.05, 3.63) is 36.7 Å². The molecule has 0 unspecified atom stereocenters. The molecule has 0 aliphatic heterocycles. The van der Waals surface area contributed by atoms with Gasteiger partial charge >= 0.3 is 0 Å². The molecule has 25 heavy (non-hydrogen) atoms. The number of nitrogens with zero attached hydrogens (tertiary/aromatic N) is 1. The molecule has 4 N–H and O–H groups in total. The largest absolute Gasteiger partial charge is 0.495 e. The Kier molecular flexibility index (Phi) is 4.38. The van der Waals surface area contributed by atoms with E-state index < -0.39 is 0 Å². The highest BCUT2D eigenvalue weighted by Crippen LogP contribution is 2.41. The van der Waals surface area contributed by atoms with Crippen molar-refractivity contribution in [3.63, 3.8) is 0 Å². The molecule has 0 radical (unpaired) electrons. The highest BCUT2D eigenvalue weighted by Gasteiger charge is 2.18. The second kappa shape index (κ2) is 6.64. The van der Waals surface area contributed by atoms with Gasteiger partial charge in [0.2, 0.25) is 0 Å². The number of benzene rings is 2. The molecule has 0 amide bonds. The van der Waals surface area contributed by atoms with Crippen LogP contribution in [0.1, 0.15) is 0 Å². The average molecular weight is 341 g/mol. The summed E-state index contributed by atoms with van der Waals surface area (Å²) in [7, 11) is 4.65. The predicted octanol–water partition coefficient (Wildman–Crippen LogP) is 3.20. The van der Waals surface area contributed by atoms with E-state index in [2.05, 4.69) is 4.98 Å². The Morgan fingerprint density at radius 3 is 2.20 bits per heavy atom. The zero-order valence-electron chi connectivity index (χ0n) is 14.2. The SMILES string of the molecule is COc1ccc(-c2ocnc2-c2cc(N)c(OC)c(OC)c2)cc1N. The van der Waals surface area contributed by atoms with Gasteiger partial charge in [0.25, 0.3) is 0 Å². The standard InChI is InChI=1S/C18H19N3O4/c1-22-14-5-4-10(6-12(14)19)17-16(21-9-25-17)11-7-13(20)18(24-3)15(8-11)23-2/h4-9H,19-20H2,1-3H3. The summed E-state index contributed by atoms with van der Waals surface area (Å²) in [4.78, 5) is 4.32. The fourth-order valence-electron chi connectivity index (χ4n) is 2.66. The number of nitrogen functional groups attached to an aromatic ring is 2. The third-order valence-corrected chi connectivity index (χ3v) is 3.84. The van der Waals surface area contributed by atoms with Crippen LogP contribution in [0.2, 0.25) is 0 Å². The summed E-state index contributed by atoms with van der Waals surface area (Å²) in [5, 5.41) is 0. The summed E-state index contributed by atoms with van der Waals surface area (Å²) in [6.45, 7) is 0. The second-order valence-corrected chi connectivity index (χ2v) is 5.29. The van der Waals surface area contributed by atoms with Crippen molar-refractivity contribution in [1.29, 1.82) is 0 Å². The zero-order chi connectivity index (χ0) is 18.0. The first kappa shape index (κ1) is 16.5. The van der Waals surface area contributed by atoms with E-state index in [1.54, 1.807) is 38.5 Å². The molecule has 1 heterocycles. The van der Waals surface area contributed by atoms with Crippen LogP contribution in [0.3, 0.4) is 0 Å². The molecule has 0 saturated carbocycles. The van der Waals surface area contributed by atoms with E-state index in [0.717, 1.165) is 11.1 Å². The monoisotopic (exact) mass is 341 g/mol. The lowest BCUT2D eigenvalue weighted by molar-refractivity contribution is 0.356. The molecule has 0 fully saturated rings. The maximum absolute atomic E-state index is 6.07. The van der Waals surface area contributed by atoms with Crippen molar-refractivity contribution < 1.29 is 18.6 Å². The van der Waals surface area contributed by atoms with Crippen LogP contribution >= 0.6 is 0 Å². The van der Waals surface area contributed by atoms with E-state index in [0.29, 0.717) is 40.1 Å². The molecule has 0 aliphatic carbocycles. The molecule has 1 aromatic heterocycles. The Bertz CT molecular complexity index is 905. The van der Waals surface area contributed by atoms with Crippen LogP contribution < -0.4 is 25.7 Å². The summed E-state index contributed by atoms with van der Waals surface area (Å²) < 4.78 is 21.4. The van der Waals surface area contributed by atoms with Crippen LogP contribution in [0.25, 0.3) is 22.6 Å². The number of hydrogen-bond acceptors (Lipinski definition) is 7. The zero-order valence-corrected chi connectivity index (χ0v) is 14.2. The van der Waals surface area contributed by atoms with E-state index in [4.69, 9.17) is 30.1 Å². The summed E-state index contributed by atoms with van der Waals surface area (Å²) in [6, 6.07) is 8.95. The van der Waals surface area contributed by atoms with Crippen molar-refractivity contribution >= 4 is 11.4 Å². The molecule has 3 rings (SSSR count). The molecule has 2 aromatic carbocycles. The number of hydrogen-bond donors (Lipinski definition) is 2. The maximum Gasteiger partial charge on any atom is 0.183 e. The quantitative estimate of drug-likeness (QED) is 0.686. The molecule has 0 aliphatic rings. The number of ether oxygens (including phenoxy) is 3. The van der Waals surface area contributed by atoms with Crippen molar-refractivity contribution in [2.24, 2.45) is 0 Å². The highest BCUT2D eigenvalue weighted by atomic mass is 16.5. The normalized spacial score (nSPS) is 10.5. The summed E-state index contributed by atoms with van der Waals surface area (Å²) in [5.41, 5.74) is 15.2. The van der Waals surface area contributed by atoms with Crippen molar-refractivity contribution in [2.45, 2.75) is 0 Å². The second-order valence-electron chi connectivity index (χ2n) is 5.29. The van der Waals surface area contributed by atoms with E-state index >= 15 is 0 Å². The number of aromatic nitrogens is 1. The Labute approximate surface area is 145 Å². The Balaban J connectivity index is 2.11. The van der Waals surface area contributed by atoms with Crippen molar-refractivity contribution in [1.82, 2.24) is 4.98 Å². The third kappa shape index (κ3) is 2.91. The lowest BCUT2D eigenvalue weighted by atomic mass is 10.0. The average Bonchev–Trinajstić information content (AvgIpc) is 3.10. The van der Waals surface area contributed by atoms with Gasteiger partial charge in [0, 0.05) is 11.1 Å². The van der Waals surface area contributed by atoms with Crippen molar-refractivity contribution in [3.8, 4) is 39.8 Å². The van der Waals surface area contributed by atoms with Gasteiger partial charge in [-0.3, -0.25) is 0 Å². The fourth-order valence-corrected chi connectivity index (χ4v) is 2.66. The fraction of sp³-hybridized carbons (Fsp3) is 0.167. The molecule has 0 spiro atoms. The first-order chi connectivity index (χ1) is 12.1. The summed E-state index contributed by atoms with van der Waals surface area (Å²) >= 11 is 0. The Hall–Kier alpha value is -3.35. The van der Waals surface area contributed by atoms with E-state index in [1.807, 2.05) is 6.07 Å². The van der Waals surface area contributed by atoms with E-state index in [9.17, 15) is 0 Å². The molecule has 3 aromatic rings. The molecule has 7 heteroatoms. The van der Waals surface area contributed by atoms with Gasteiger partial charge < -0.3 is 30.1 Å². The van der Waals surface area contributed by atoms with Gasteiger partial charge in [0.15, 0.2) is 23.7 Å². The van der Waals surface area contributed by atoms with Gasteiger partial charge in [0.1, 0.15) is 11.4 Å². The van der Waals surface area contributed by atoms with Crippen LogP contribution in [0.15, 0.2) is 41.1 Å². The number of anilines is 2. The van der Waals surface area contributed by atoms with Crippen LogP contribution in [-0.2, 0) is 0 Å². The molecule has 130 valence electrons. The minimum absolute atomic E-state index is 0.444. The lowest BCUT2D eigenvalue weighted by Gasteiger charge is -2.12. The van der Waals surface area contributed by atoms with Gasteiger partial charge in [-0.1, -0.05) is 0 Å². The van der Waals surface area contributed by atoms with Gasteiger partial charge in [-0.05, 0) is 30.3 Å². The molecule has 0 saturated heterocycles. The van der Waals surface area contributed by atoms with Crippen LogP contribution in [-0.4, -0.2) is 26.3 Å². The predicted molar refractivity (Wildman–Crippen MR) is 95.9 cm³/mol. The topological polar surface area (TPSA) is 106 Å². The first-order valence-corrected chi connectivity index (χ1v) is 7.48. The summed E-state index contributed by atoms with van der Waals surface area (Å²) in [5.74, 6) is 2.16. The van der Waals surface area contributed by atoms with Gasteiger partial charge in [-0.25, -0.2) is 4.98 Å². The van der Waals surface area contributed by atoms with Gasteiger partial charge in [0.05, 0.1) is 32.7 Å². The molecule has 7 nitrogen and oxygen atoms in total. The Morgan fingerprint density at radius 2 is 1.56 bits per heavy atom. The lowest BCUT2D eigenvalue weighted by Crippen LogP contribution is -1.97. The van der Waals surface area contributed by atoms with E-state index in [-0.39, 0.29) is 0 Å². The van der Waals surface area contributed by atoms with Gasteiger partial charge in [-0.2, -0.15) is 0 Å². The Morgan fingerprint density at radius 1 is 0.840 bits per heavy atom. The minimum atomic E-state index is 0.444. The number of nitrogens with two attached hydrogens (primary N) is 2. The van der Waals surface area contributed by atoms with Crippen molar-refractivity contribution in [2.75, 3.05) is 32.8 Å². The number of rotatable bonds is 5. The maximum atomic E-state index is 6.07.